The molecule has 0 amide bonds. The molecule has 1 saturated heterocycles. The second kappa shape index (κ2) is 9.31. The molecule has 133 valence electrons. The summed E-state index contributed by atoms with van der Waals surface area (Å²) in [6, 6.07) is 0. The standard InChI is InChI=1S/C19H36O3.Ac/c1-8-16-9-10(2)11(3)17(20)18(16)22-19-14(6)12(4)13(5)15(7)21-19;/h10-20H,8-9H2,1-7H3;/t10?,11?,12-,13+,14?,15?,16-,17?,18+,19-;/m0./s1. The Morgan fingerprint density at radius 3 is 2.13 bits per heavy atom. The Morgan fingerprint density at radius 2 is 1.57 bits per heavy atom. The maximum absolute atomic E-state index is 10.7. The Balaban J connectivity index is 0.00000264. The SMILES string of the molecule is CC[C@H]1CC(C)C(C)C(O)[C@@H]1O[C@@H]1OC(C)[C@H](C)[C@H](C)C1C.[Ac]. The molecular weight excluding hydrogens is 503 g/mol. The summed E-state index contributed by atoms with van der Waals surface area (Å²) in [6.07, 6.45) is 1.76. The first-order valence-electron chi connectivity index (χ1n) is 9.26. The summed E-state index contributed by atoms with van der Waals surface area (Å²) >= 11 is 0. The van der Waals surface area contributed by atoms with Gasteiger partial charge in [-0.25, -0.2) is 0 Å². The van der Waals surface area contributed by atoms with Crippen molar-refractivity contribution < 1.29 is 58.6 Å². The topological polar surface area (TPSA) is 38.7 Å². The second-order valence-corrected chi connectivity index (χ2v) is 8.12. The normalized spacial score (nSPS) is 51.1. The Morgan fingerprint density at radius 1 is 0.957 bits per heavy atom. The molecule has 1 radical (unpaired) electrons. The van der Waals surface area contributed by atoms with Gasteiger partial charge in [0, 0.05) is 50.0 Å². The summed E-state index contributed by atoms with van der Waals surface area (Å²) in [5, 5.41) is 10.7. The van der Waals surface area contributed by atoms with E-state index in [-0.39, 0.29) is 68.7 Å². The van der Waals surface area contributed by atoms with Gasteiger partial charge in [0.25, 0.3) is 0 Å². The van der Waals surface area contributed by atoms with Crippen molar-refractivity contribution in [1.29, 1.82) is 0 Å². The largest absolute Gasteiger partial charge is 0.390 e. The third kappa shape index (κ3) is 4.73. The zero-order valence-electron chi connectivity index (χ0n) is 16.0. The van der Waals surface area contributed by atoms with E-state index in [0.717, 1.165) is 12.8 Å². The smallest absolute Gasteiger partial charge is 0.161 e. The van der Waals surface area contributed by atoms with Crippen LogP contribution in [0.4, 0.5) is 0 Å². The monoisotopic (exact) mass is 539 g/mol. The molecule has 0 bridgehead atoms. The molecule has 1 saturated carbocycles. The summed E-state index contributed by atoms with van der Waals surface area (Å²) in [5.74, 6) is 2.77. The van der Waals surface area contributed by atoms with Crippen molar-refractivity contribution in [2.24, 2.45) is 35.5 Å². The fourth-order valence-electron chi connectivity index (χ4n) is 4.26. The van der Waals surface area contributed by atoms with Crippen LogP contribution in [-0.4, -0.2) is 29.7 Å². The number of aliphatic hydroxyl groups is 1. The van der Waals surface area contributed by atoms with Crippen LogP contribution >= 0.6 is 0 Å². The van der Waals surface area contributed by atoms with E-state index in [1.807, 2.05) is 0 Å². The summed E-state index contributed by atoms with van der Waals surface area (Å²) in [5.41, 5.74) is 0. The first kappa shape index (κ1) is 22.4. The minimum absolute atomic E-state index is 0. The molecule has 0 aromatic heterocycles. The fourth-order valence-corrected chi connectivity index (χ4v) is 4.26. The van der Waals surface area contributed by atoms with E-state index in [0.29, 0.717) is 35.5 Å². The van der Waals surface area contributed by atoms with E-state index in [4.69, 9.17) is 9.47 Å². The molecular formula is C19H36AcO3. The van der Waals surface area contributed by atoms with Gasteiger partial charge in [0.15, 0.2) is 6.29 Å². The van der Waals surface area contributed by atoms with Crippen LogP contribution < -0.4 is 0 Å². The third-order valence-electron chi connectivity index (χ3n) is 6.90. The van der Waals surface area contributed by atoms with Gasteiger partial charge in [-0.15, -0.1) is 0 Å². The van der Waals surface area contributed by atoms with Crippen LogP contribution in [-0.2, 0) is 9.47 Å². The van der Waals surface area contributed by atoms with Crippen LogP contribution in [0.15, 0.2) is 0 Å². The number of hydrogen-bond donors (Lipinski definition) is 1. The molecule has 1 aliphatic heterocycles. The number of hydrogen-bond acceptors (Lipinski definition) is 3. The first-order chi connectivity index (χ1) is 10.3. The molecule has 1 heterocycles. The zero-order chi connectivity index (χ0) is 16.6. The molecule has 1 N–H and O–H groups in total. The molecule has 3 nitrogen and oxygen atoms in total. The van der Waals surface area contributed by atoms with Crippen LogP contribution in [0.1, 0.15) is 61.3 Å². The fraction of sp³-hybridized carbons (Fsp3) is 1.00. The van der Waals surface area contributed by atoms with Crippen molar-refractivity contribution in [2.45, 2.75) is 85.9 Å². The summed E-state index contributed by atoms with van der Waals surface area (Å²) in [4.78, 5) is 0. The Hall–Kier alpha value is 1.32. The minimum Gasteiger partial charge on any atom is -0.390 e. The van der Waals surface area contributed by atoms with E-state index >= 15 is 0 Å². The van der Waals surface area contributed by atoms with E-state index in [9.17, 15) is 5.11 Å². The summed E-state index contributed by atoms with van der Waals surface area (Å²) in [7, 11) is 0. The summed E-state index contributed by atoms with van der Waals surface area (Å²) in [6.45, 7) is 15.5. The predicted octanol–water partition coefficient (Wildman–Crippen LogP) is 4.09. The summed E-state index contributed by atoms with van der Waals surface area (Å²) < 4.78 is 12.5. The molecule has 23 heavy (non-hydrogen) atoms. The van der Waals surface area contributed by atoms with Gasteiger partial charge in [-0.1, -0.05) is 48.0 Å². The van der Waals surface area contributed by atoms with Gasteiger partial charge < -0.3 is 14.6 Å². The molecule has 2 rings (SSSR count). The Labute approximate surface area is 178 Å². The molecule has 5 unspecified atom stereocenters. The number of ether oxygens (including phenoxy) is 2. The average Bonchev–Trinajstić information content (AvgIpc) is 2.50. The van der Waals surface area contributed by atoms with Crippen molar-refractivity contribution in [2.75, 3.05) is 0 Å². The van der Waals surface area contributed by atoms with Crippen molar-refractivity contribution in [1.82, 2.24) is 0 Å². The molecule has 1 aliphatic carbocycles. The molecule has 2 fully saturated rings. The Bertz CT molecular complexity index is 363. The first-order valence-corrected chi connectivity index (χ1v) is 9.26. The second-order valence-electron chi connectivity index (χ2n) is 8.12. The van der Waals surface area contributed by atoms with Crippen LogP contribution in [0.25, 0.3) is 0 Å². The van der Waals surface area contributed by atoms with E-state index < -0.39 is 0 Å². The predicted molar refractivity (Wildman–Crippen MR) is 89.4 cm³/mol. The van der Waals surface area contributed by atoms with E-state index in [1.165, 1.54) is 0 Å². The maximum atomic E-state index is 10.7. The van der Waals surface area contributed by atoms with Gasteiger partial charge in [-0.3, -0.25) is 0 Å². The van der Waals surface area contributed by atoms with E-state index in [1.54, 1.807) is 0 Å². The molecule has 2 aliphatic rings. The third-order valence-corrected chi connectivity index (χ3v) is 6.90. The van der Waals surface area contributed by atoms with Crippen LogP contribution in [0.5, 0.6) is 0 Å². The van der Waals surface area contributed by atoms with Crippen LogP contribution in [0.2, 0.25) is 0 Å². The number of rotatable bonds is 3. The van der Waals surface area contributed by atoms with Gasteiger partial charge in [-0.2, -0.15) is 0 Å². The van der Waals surface area contributed by atoms with E-state index in [2.05, 4.69) is 48.5 Å². The van der Waals surface area contributed by atoms with Crippen molar-refractivity contribution in [3.63, 3.8) is 0 Å². The van der Waals surface area contributed by atoms with Crippen LogP contribution in [0, 0.1) is 79.6 Å². The van der Waals surface area contributed by atoms with Gasteiger partial charge in [-0.05, 0) is 42.9 Å². The van der Waals surface area contributed by atoms with Crippen molar-refractivity contribution in [3.8, 4) is 0 Å². The Kier molecular flexibility index (Phi) is 9.06. The molecule has 0 aromatic rings. The number of aliphatic hydroxyl groups excluding tert-OH is 1. The quantitative estimate of drug-likeness (QED) is 0.588. The zero-order valence-corrected chi connectivity index (χ0v) is 20.8. The molecule has 4 heteroatoms. The van der Waals surface area contributed by atoms with Gasteiger partial charge in [0.2, 0.25) is 0 Å². The molecule has 0 spiro atoms. The van der Waals surface area contributed by atoms with Crippen molar-refractivity contribution in [3.05, 3.63) is 0 Å². The van der Waals surface area contributed by atoms with Crippen LogP contribution in [0.3, 0.4) is 0 Å². The minimum atomic E-state index is -0.380. The van der Waals surface area contributed by atoms with Gasteiger partial charge >= 0.3 is 0 Å². The van der Waals surface area contributed by atoms with Crippen molar-refractivity contribution >= 4 is 0 Å². The molecule has 10 atom stereocenters. The molecule has 0 aromatic carbocycles. The average molecular weight is 539 g/mol. The van der Waals surface area contributed by atoms with Gasteiger partial charge in [0.05, 0.1) is 18.3 Å². The van der Waals surface area contributed by atoms with Gasteiger partial charge in [0.1, 0.15) is 0 Å². The maximum Gasteiger partial charge on any atom is 0.161 e.